The minimum Gasteiger partial charge on any atom is -0.491 e. The summed E-state index contributed by atoms with van der Waals surface area (Å²) in [6.07, 6.45) is 4.00. The average Bonchev–Trinajstić information content (AvgIpc) is 2.43. The van der Waals surface area contributed by atoms with E-state index in [4.69, 9.17) is 15.6 Å². The van der Waals surface area contributed by atoms with Gasteiger partial charge in [0.2, 0.25) is 5.91 Å². The Morgan fingerprint density at radius 1 is 1.48 bits per heavy atom. The minimum atomic E-state index is -0.641. The molecule has 0 aliphatic carbocycles. The first-order chi connectivity index (χ1) is 9.88. The molecule has 0 heterocycles. The molecular formula is C16H24N2O3. The summed E-state index contributed by atoms with van der Waals surface area (Å²) < 4.78 is 5.49. The van der Waals surface area contributed by atoms with E-state index in [1.165, 1.54) is 6.08 Å². The van der Waals surface area contributed by atoms with Crippen LogP contribution in [0.5, 0.6) is 5.75 Å². The predicted molar refractivity (Wildman–Crippen MR) is 85.0 cm³/mol. The molecule has 0 saturated heterocycles. The van der Waals surface area contributed by atoms with Crippen molar-refractivity contribution in [2.45, 2.75) is 32.7 Å². The fourth-order valence-corrected chi connectivity index (χ4v) is 1.60. The maximum absolute atomic E-state index is 11.7. The summed E-state index contributed by atoms with van der Waals surface area (Å²) >= 11 is 0. The van der Waals surface area contributed by atoms with Gasteiger partial charge < -0.3 is 20.9 Å². The zero-order valence-corrected chi connectivity index (χ0v) is 12.8. The number of carbonyl (C=O) groups is 1. The van der Waals surface area contributed by atoms with Crippen LogP contribution >= 0.6 is 0 Å². The summed E-state index contributed by atoms with van der Waals surface area (Å²) in [6, 6.07) is 5.38. The van der Waals surface area contributed by atoms with E-state index in [1.54, 1.807) is 32.1 Å². The molecule has 0 radical (unpaired) electrons. The number of rotatable bonds is 7. The third-order valence-corrected chi connectivity index (χ3v) is 2.78. The summed E-state index contributed by atoms with van der Waals surface area (Å²) in [6.45, 7) is 6.02. The SMILES string of the molecule is CCCOc1ccc(/C=C\C(=O)NC(C)(C)CO)cc1N. The monoisotopic (exact) mass is 292 g/mol. The van der Waals surface area contributed by atoms with Gasteiger partial charge in [0.15, 0.2) is 0 Å². The van der Waals surface area contributed by atoms with Gasteiger partial charge in [0, 0.05) is 6.08 Å². The van der Waals surface area contributed by atoms with Crippen LogP contribution in [0, 0.1) is 0 Å². The number of anilines is 1. The largest absolute Gasteiger partial charge is 0.491 e. The predicted octanol–water partition coefficient (Wildman–Crippen LogP) is 1.96. The molecule has 0 aliphatic rings. The van der Waals surface area contributed by atoms with Crippen LogP contribution < -0.4 is 15.8 Å². The summed E-state index contributed by atoms with van der Waals surface area (Å²) in [4.78, 5) is 11.7. The van der Waals surface area contributed by atoms with E-state index >= 15 is 0 Å². The van der Waals surface area contributed by atoms with Gasteiger partial charge in [-0.3, -0.25) is 4.79 Å². The quantitative estimate of drug-likeness (QED) is 0.530. The molecule has 0 aromatic heterocycles. The Kier molecular flexibility index (Phi) is 6.24. The van der Waals surface area contributed by atoms with Crippen LogP contribution in [0.25, 0.3) is 6.08 Å². The highest BCUT2D eigenvalue weighted by atomic mass is 16.5. The van der Waals surface area contributed by atoms with Gasteiger partial charge in [-0.2, -0.15) is 0 Å². The van der Waals surface area contributed by atoms with Crippen LogP contribution in [0.4, 0.5) is 5.69 Å². The number of nitrogens with two attached hydrogens (primary N) is 1. The number of aliphatic hydroxyl groups excluding tert-OH is 1. The Balaban J connectivity index is 2.68. The zero-order valence-electron chi connectivity index (χ0n) is 12.8. The first-order valence-corrected chi connectivity index (χ1v) is 7.01. The highest BCUT2D eigenvalue weighted by Gasteiger charge is 2.17. The maximum atomic E-state index is 11.7. The molecule has 0 fully saturated rings. The maximum Gasteiger partial charge on any atom is 0.244 e. The molecule has 1 amide bonds. The molecule has 0 bridgehead atoms. The van der Waals surface area contributed by atoms with Crippen molar-refractivity contribution < 1.29 is 14.6 Å². The first kappa shape index (κ1) is 17.0. The fourth-order valence-electron chi connectivity index (χ4n) is 1.60. The molecular weight excluding hydrogens is 268 g/mol. The summed E-state index contributed by atoms with van der Waals surface area (Å²) in [5.41, 5.74) is 6.62. The van der Waals surface area contributed by atoms with Gasteiger partial charge in [-0.1, -0.05) is 13.0 Å². The molecule has 116 valence electrons. The highest BCUT2D eigenvalue weighted by molar-refractivity contribution is 5.92. The Morgan fingerprint density at radius 3 is 2.76 bits per heavy atom. The lowest BCUT2D eigenvalue weighted by Crippen LogP contribution is -2.45. The van der Waals surface area contributed by atoms with Crippen molar-refractivity contribution in [2.75, 3.05) is 18.9 Å². The van der Waals surface area contributed by atoms with E-state index in [9.17, 15) is 4.79 Å². The van der Waals surface area contributed by atoms with Crippen LogP contribution in [0.1, 0.15) is 32.8 Å². The Bertz CT molecular complexity index is 510. The molecule has 1 aromatic rings. The normalized spacial score (nSPS) is 11.6. The summed E-state index contributed by atoms with van der Waals surface area (Å²) in [7, 11) is 0. The van der Waals surface area contributed by atoms with Crippen molar-refractivity contribution in [3.63, 3.8) is 0 Å². The lowest BCUT2D eigenvalue weighted by atomic mass is 10.1. The number of benzene rings is 1. The lowest BCUT2D eigenvalue weighted by Gasteiger charge is -2.22. The van der Waals surface area contributed by atoms with Crippen molar-refractivity contribution in [2.24, 2.45) is 0 Å². The van der Waals surface area contributed by atoms with Crippen molar-refractivity contribution in [3.8, 4) is 5.75 Å². The van der Waals surface area contributed by atoms with Gasteiger partial charge in [-0.25, -0.2) is 0 Å². The number of hydrogen-bond acceptors (Lipinski definition) is 4. The molecule has 4 N–H and O–H groups in total. The molecule has 5 heteroatoms. The number of nitrogen functional groups attached to an aromatic ring is 1. The molecule has 0 spiro atoms. The summed E-state index contributed by atoms with van der Waals surface area (Å²) in [5.74, 6) is 0.388. The number of carbonyl (C=O) groups excluding carboxylic acids is 1. The van der Waals surface area contributed by atoms with Gasteiger partial charge in [-0.05, 0) is 44.0 Å². The number of amides is 1. The number of nitrogens with one attached hydrogen (secondary N) is 1. The van der Waals surface area contributed by atoms with Crippen LogP contribution in [0.3, 0.4) is 0 Å². The second kappa shape index (κ2) is 7.69. The van der Waals surface area contributed by atoms with Crippen molar-refractivity contribution >= 4 is 17.7 Å². The number of ether oxygens (including phenoxy) is 1. The molecule has 1 aromatic carbocycles. The Labute approximate surface area is 125 Å². The molecule has 21 heavy (non-hydrogen) atoms. The Hall–Kier alpha value is -2.01. The van der Waals surface area contributed by atoms with E-state index in [0.29, 0.717) is 18.0 Å². The third kappa shape index (κ3) is 5.87. The third-order valence-electron chi connectivity index (χ3n) is 2.78. The second-order valence-electron chi connectivity index (χ2n) is 5.51. The van der Waals surface area contributed by atoms with Gasteiger partial charge in [0.1, 0.15) is 5.75 Å². The van der Waals surface area contributed by atoms with Crippen LogP contribution in [-0.4, -0.2) is 29.8 Å². The lowest BCUT2D eigenvalue weighted by molar-refractivity contribution is -0.118. The Morgan fingerprint density at radius 2 is 2.19 bits per heavy atom. The molecule has 0 atom stereocenters. The average molecular weight is 292 g/mol. The number of hydrogen-bond donors (Lipinski definition) is 3. The highest BCUT2D eigenvalue weighted by Crippen LogP contribution is 2.23. The molecule has 1 rings (SSSR count). The molecule has 0 saturated carbocycles. The van der Waals surface area contributed by atoms with E-state index in [1.807, 2.05) is 13.0 Å². The van der Waals surface area contributed by atoms with Gasteiger partial charge in [0.05, 0.1) is 24.4 Å². The topological polar surface area (TPSA) is 84.6 Å². The number of aliphatic hydroxyl groups is 1. The van der Waals surface area contributed by atoms with Crippen LogP contribution in [0.15, 0.2) is 24.3 Å². The van der Waals surface area contributed by atoms with E-state index < -0.39 is 5.54 Å². The van der Waals surface area contributed by atoms with Crippen molar-refractivity contribution in [3.05, 3.63) is 29.8 Å². The molecule has 0 aliphatic heterocycles. The molecule has 5 nitrogen and oxygen atoms in total. The molecule has 0 unspecified atom stereocenters. The van der Waals surface area contributed by atoms with Crippen molar-refractivity contribution in [1.82, 2.24) is 5.32 Å². The van der Waals surface area contributed by atoms with Crippen LogP contribution in [0.2, 0.25) is 0 Å². The minimum absolute atomic E-state index is 0.122. The first-order valence-electron chi connectivity index (χ1n) is 7.01. The van der Waals surface area contributed by atoms with E-state index in [-0.39, 0.29) is 12.5 Å². The fraction of sp³-hybridized carbons (Fsp3) is 0.438. The van der Waals surface area contributed by atoms with E-state index in [0.717, 1.165) is 12.0 Å². The van der Waals surface area contributed by atoms with Gasteiger partial charge in [0.25, 0.3) is 0 Å². The second-order valence-corrected chi connectivity index (χ2v) is 5.51. The zero-order chi connectivity index (χ0) is 15.9. The smallest absolute Gasteiger partial charge is 0.244 e. The standard InChI is InChI=1S/C16H24N2O3/c1-4-9-21-14-7-5-12(10-13(14)17)6-8-15(20)18-16(2,3)11-19/h5-8,10,19H,4,9,11,17H2,1-3H3,(H,18,20)/b8-6-. The van der Waals surface area contributed by atoms with Crippen LogP contribution in [-0.2, 0) is 4.79 Å². The van der Waals surface area contributed by atoms with Gasteiger partial charge >= 0.3 is 0 Å². The summed E-state index contributed by atoms with van der Waals surface area (Å²) in [5, 5.41) is 11.8. The van der Waals surface area contributed by atoms with Crippen molar-refractivity contribution in [1.29, 1.82) is 0 Å². The van der Waals surface area contributed by atoms with Gasteiger partial charge in [-0.15, -0.1) is 0 Å². The van der Waals surface area contributed by atoms with E-state index in [2.05, 4.69) is 5.32 Å².